The first-order valence-electron chi connectivity index (χ1n) is 16.4. The largest absolute Gasteiger partial charge is 0.481 e. The van der Waals surface area contributed by atoms with Gasteiger partial charge >= 0.3 is 23.9 Å². The molecule has 2 aliphatic rings. The number of aliphatic carboxylic acids is 3. The predicted octanol–water partition coefficient (Wildman–Crippen LogP) is 6.13. The standard InChI is InChI=1S/C36H52O11/c1-6-7-19-35(47-34(44)17-16-32(40)41)21-22-36(46-30(35)14-10-25(3)23-33(42)43)20-18-27(5)29(45-36)13-9-24(2)8-12-28(37)26(4)11-15-31(38)39/h8-12,14-15,23,26-30,37H,6-7,13,16-22H2,1-5H3,(H,38,39)(H,40,41)(H,42,43)/b12-8+,14-10+,15-11+,24-9+,25-23+/t26-,27-,28-,29+,30-,35+,36-/m0/s1. The van der Waals surface area contributed by atoms with Gasteiger partial charge in [0.1, 0.15) is 11.7 Å². The highest BCUT2D eigenvalue weighted by Crippen LogP contribution is 2.48. The lowest BCUT2D eigenvalue weighted by molar-refractivity contribution is -0.344. The first-order valence-corrected chi connectivity index (χ1v) is 16.4. The molecular formula is C36H52O11. The van der Waals surface area contributed by atoms with Gasteiger partial charge in [-0.1, -0.05) is 69.2 Å². The molecule has 0 aliphatic carbocycles. The summed E-state index contributed by atoms with van der Waals surface area (Å²) in [5, 5.41) is 37.5. The van der Waals surface area contributed by atoms with Crippen LogP contribution in [0, 0.1) is 11.8 Å². The smallest absolute Gasteiger partial charge is 0.328 e. The molecule has 0 aromatic carbocycles. The molecule has 0 saturated carbocycles. The molecular weight excluding hydrogens is 608 g/mol. The van der Waals surface area contributed by atoms with Gasteiger partial charge in [0.15, 0.2) is 5.79 Å². The van der Waals surface area contributed by atoms with Gasteiger partial charge in [-0.2, -0.15) is 0 Å². The number of hydrogen-bond acceptors (Lipinski definition) is 8. The monoisotopic (exact) mass is 660 g/mol. The molecule has 0 bridgehead atoms. The van der Waals surface area contributed by atoms with Crippen molar-refractivity contribution in [3.8, 4) is 0 Å². The van der Waals surface area contributed by atoms with E-state index in [9.17, 15) is 29.4 Å². The Labute approximate surface area is 277 Å². The van der Waals surface area contributed by atoms with Crippen molar-refractivity contribution in [1.82, 2.24) is 0 Å². The van der Waals surface area contributed by atoms with E-state index in [1.165, 1.54) is 6.08 Å². The summed E-state index contributed by atoms with van der Waals surface area (Å²) in [6, 6.07) is 0. The molecule has 0 amide bonds. The third kappa shape index (κ3) is 13.2. The Hall–Kier alpha value is -3.54. The molecule has 0 unspecified atom stereocenters. The summed E-state index contributed by atoms with van der Waals surface area (Å²) in [5.74, 6) is -4.98. The maximum Gasteiger partial charge on any atom is 0.328 e. The molecule has 2 aliphatic heterocycles. The van der Waals surface area contributed by atoms with E-state index >= 15 is 0 Å². The number of carboxylic acid groups (broad SMARTS) is 3. The van der Waals surface area contributed by atoms with Crippen LogP contribution in [0.5, 0.6) is 0 Å². The number of aliphatic hydroxyl groups is 1. The van der Waals surface area contributed by atoms with Crippen LogP contribution in [0.25, 0.3) is 0 Å². The van der Waals surface area contributed by atoms with Gasteiger partial charge in [0.25, 0.3) is 0 Å². The molecule has 1 spiro atoms. The second-order valence-corrected chi connectivity index (χ2v) is 12.8. The SMILES string of the molecule is CCCC[C@@]1(OC(=O)CCC(=O)O)CC[C@]2(CC[C@H](C)[C@@H](C/C=C(C)/C=C/[C@H](O)[C@@H](C)/C=C/C(=O)O)O2)O[C@H]1/C=C/C(C)=C/C(=O)O. The number of allylic oxidation sites excluding steroid dienone is 4. The van der Waals surface area contributed by atoms with E-state index in [-0.39, 0.29) is 30.8 Å². The van der Waals surface area contributed by atoms with Gasteiger partial charge in [-0.25, -0.2) is 9.59 Å². The van der Waals surface area contributed by atoms with Crippen LogP contribution in [0.4, 0.5) is 0 Å². The summed E-state index contributed by atoms with van der Waals surface area (Å²) in [6.07, 6.45) is 14.9. The zero-order valence-corrected chi connectivity index (χ0v) is 28.2. The van der Waals surface area contributed by atoms with E-state index in [2.05, 4.69) is 6.92 Å². The van der Waals surface area contributed by atoms with Crippen molar-refractivity contribution in [2.24, 2.45) is 11.8 Å². The Bertz CT molecular complexity index is 1250. The fourth-order valence-electron chi connectivity index (χ4n) is 5.81. The van der Waals surface area contributed by atoms with E-state index in [4.69, 9.17) is 24.4 Å². The molecule has 2 heterocycles. The number of carbonyl (C=O) groups excluding carboxylic acids is 1. The van der Waals surface area contributed by atoms with Crippen molar-refractivity contribution in [3.05, 3.63) is 59.8 Å². The van der Waals surface area contributed by atoms with Crippen molar-refractivity contribution in [2.45, 2.75) is 129 Å². The number of rotatable bonds is 17. The lowest BCUT2D eigenvalue weighted by Crippen LogP contribution is -2.59. The van der Waals surface area contributed by atoms with Crippen LogP contribution in [0.3, 0.4) is 0 Å². The highest BCUT2D eigenvalue weighted by Gasteiger charge is 2.54. The Morgan fingerprint density at radius 3 is 2.30 bits per heavy atom. The van der Waals surface area contributed by atoms with E-state index in [1.807, 2.05) is 19.9 Å². The summed E-state index contributed by atoms with van der Waals surface area (Å²) in [5.41, 5.74) is 0.314. The van der Waals surface area contributed by atoms with Gasteiger partial charge in [0, 0.05) is 30.9 Å². The zero-order valence-electron chi connectivity index (χ0n) is 28.2. The van der Waals surface area contributed by atoms with Crippen LogP contribution in [0.1, 0.15) is 98.8 Å². The molecule has 262 valence electrons. The van der Waals surface area contributed by atoms with Crippen molar-refractivity contribution < 1.29 is 53.8 Å². The minimum atomic E-state index is -1.09. The number of aliphatic hydroxyl groups excluding tert-OH is 1. The molecule has 7 atom stereocenters. The summed E-state index contributed by atoms with van der Waals surface area (Å²) in [7, 11) is 0. The maximum absolute atomic E-state index is 12.9. The normalized spacial score (nSPS) is 28.6. The minimum absolute atomic E-state index is 0.186. The Balaban J connectivity index is 2.31. The van der Waals surface area contributed by atoms with Crippen LogP contribution < -0.4 is 0 Å². The third-order valence-electron chi connectivity index (χ3n) is 8.78. The van der Waals surface area contributed by atoms with Gasteiger partial charge in [-0.05, 0) is 57.4 Å². The number of esters is 1. The van der Waals surface area contributed by atoms with Crippen LogP contribution in [0.2, 0.25) is 0 Å². The fourth-order valence-corrected chi connectivity index (χ4v) is 5.81. The lowest BCUT2D eigenvalue weighted by Gasteiger charge is -2.53. The van der Waals surface area contributed by atoms with Crippen LogP contribution in [-0.4, -0.2) is 74.0 Å². The van der Waals surface area contributed by atoms with Gasteiger partial charge in [0.05, 0.1) is 25.0 Å². The van der Waals surface area contributed by atoms with Gasteiger partial charge in [0.2, 0.25) is 0 Å². The number of hydrogen-bond donors (Lipinski definition) is 4. The van der Waals surface area contributed by atoms with Crippen LogP contribution in [0.15, 0.2) is 59.8 Å². The molecule has 11 heteroatoms. The fraction of sp³-hybridized carbons (Fsp3) is 0.611. The third-order valence-corrected chi connectivity index (χ3v) is 8.78. The number of unbranched alkanes of at least 4 members (excludes halogenated alkanes) is 1. The average molecular weight is 661 g/mol. The van der Waals surface area contributed by atoms with Crippen molar-refractivity contribution in [1.29, 1.82) is 0 Å². The molecule has 11 nitrogen and oxygen atoms in total. The topological polar surface area (TPSA) is 177 Å². The quantitative estimate of drug-likeness (QED) is 0.0802. The molecule has 0 aromatic rings. The first kappa shape index (κ1) is 39.6. The Kier molecular flexibility index (Phi) is 15.8. The van der Waals surface area contributed by atoms with Crippen LogP contribution >= 0.6 is 0 Å². The number of ether oxygens (including phenoxy) is 3. The zero-order chi connectivity index (χ0) is 35.2. The molecule has 2 saturated heterocycles. The van der Waals surface area contributed by atoms with Crippen molar-refractivity contribution in [3.63, 3.8) is 0 Å². The average Bonchev–Trinajstić information content (AvgIpc) is 3.01. The van der Waals surface area contributed by atoms with E-state index in [1.54, 1.807) is 38.2 Å². The molecule has 4 N–H and O–H groups in total. The summed E-state index contributed by atoms with van der Waals surface area (Å²) in [6.45, 7) is 9.44. The maximum atomic E-state index is 12.9. The second-order valence-electron chi connectivity index (χ2n) is 12.8. The van der Waals surface area contributed by atoms with Gasteiger partial charge in [-0.15, -0.1) is 0 Å². The predicted molar refractivity (Wildman–Crippen MR) is 175 cm³/mol. The lowest BCUT2D eigenvalue weighted by atomic mass is 9.78. The Morgan fingerprint density at radius 2 is 1.66 bits per heavy atom. The summed E-state index contributed by atoms with van der Waals surface area (Å²) in [4.78, 5) is 46.0. The molecule has 2 fully saturated rings. The first-order chi connectivity index (χ1) is 22.1. The molecule has 0 aromatic heterocycles. The van der Waals surface area contributed by atoms with Gasteiger partial charge in [-0.3, -0.25) is 9.59 Å². The highest BCUT2D eigenvalue weighted by atomic mass is 16.7. The second kappa shape index (κ2) is 18.7. The summed E-state index contributed by atoms with van der Waals surface area (Å²) < 4.78 is 19.5. The molecule has 0 radical (unpaired) electrons. The summed E-state index contributed by atoms with van der Waals surface area (Å²) >= 11 is 0. The van der Waals surface area contributed by atoms with Gasteiger partial charge < -0.3 is 34.6 Å². The van der Waals surface area contributed by atoms with Crippen molar-refractivity contribution >= 4 is 23.9 Å². The van der Waals surface area contributed by atoms with Crippen molar-refractivity contribution in [2.75, 3.05) is 0 Å². The molecule has 47 heavy (non-hydrogen) atoms. The Morgan fingerprint density at radius 1 is 0.936 bits per heavy atom. The van der Waals surface area contributed by atoms with E-state index < -0.39 is 47.5 Å². The van der Waals surface area contributed by atoms with Crippen LogP contribution in [-0.2, 0) is 33.4 Å². The minimum Gasteiger partial charge on any atom is -0.481 e. The van der Waals surface area contributed by atoms with E-state index in [0.29, 0.717) is 37.7 Å². The number of carboxylic acids is 3. The highest BCUT2D eigenvalue weighted by molar-refractivity contribution is 5.81. The molecule has 2 rings (SSSR count). The number of carbonyl (C=O) groups is 4. The van der Waals surface area contributed by atoms with E-state index in [0.717, 1.165) is 37.0 Å².